The Morgan fingerprint density at radius 3 is 2.55 bits per heavy atom. The average Bonchev–Trinajstić information content (AvgIpc) is 2.40. The van der Waals surface area contributed by atoms with Gasteiger partial charge in [0.1, 0.15) is 0 Å². The number of benzene rings is 2. The first kappa shape index (κ1) is 16.2. The topological polar surface area (TPSA) is 55.1 Å². The average molecular weight is 329 g/mol. The molecular formula is C15H12ClF3N2O. The molecule has 1 amide bonds. The number of carbonyl (C=O) groups excluding carboxylic acids is 1. The van der Waals surface area contributed by atoms with Crippen molar-refractivity contribution in [1.82, 2.24) is 0 Å². The van der Waals surface area contributed by atoms with Crippen molar-refractivity contribution in [1.29, 1.82) is 0 Å². The Morgan fingerprint density at radius 2 is 1.91 bits per heavy atom. The van der Waals surface area contributed by atoms with Crippen molar-refractivity contribution in [2.75, 3.05) is 11.1 Å². The number of rotatable bonds is 3. The molecule has 0 saturated carbocycles. The lowest BCUT2D eigenvalue weighted by Gasteiger charge is -2.11. The number of nitrogen functional groups attached to an aromatic ring is 1. The van der Waals surface area contributed by atoms with E-state index in [1.165, 1.54) is 0 Å². The highest BCUT2D eigenvalue weighted by molar-refractivity contribution is 6.33. The molecule has 0 spiro atoms. The minimum Gasteiger partial charge on any atom is -0.399 e. The molecule has 0 heterocycles. The third kappa shape index (κ3) is 4.14. The molecule has 0 bridgehead atoms. The lowest BCUT2D eigenvalue weighted by Crippen LogP contribution is -2.15. The Labute approximate surface area is 129 Å². The van der Waals surface area contributed by atoms with Crippen LogP contribution in [0.1, 0.15) is 11.1 Å². The van der Waals surface area contributed by atoms with Crippen molar-refractivity contribution in [3.05, 3.63) is 58.6 Å². The standard InChI is InChI=1S/C15H12ClF3N2O/c16-12-5-4-10(15(17,18)19)8-13(12)21-14(22)7-9-2-1-3-11(20)6-9/h1-6,8H,7,20H2,(H,21,22). The molecule has 0 aliphatic carbocycles. The Balaban J connectivity index is 2.14. The maximum Gasteiger partial charge on any atom is 0.416 e. The summed E-state index contributed by atoms with van der Waals surface area (Å²) in [5.41, 5.74) is 5.80. The van der Waals surface area contributed by atoms with Gasteiger partial charge < -0.3 is 11.1 Å². The quantitative estimate of drug-likeness (QED) is 0.833. The Morgan fingerprint density at radius 1 is 1.18 bits per heavy atom. The number of anilines is 2. The van der Waals surface area contributed by atoms with E-state index in [1.807, 2.05) is 0 Å². The SMILES string of the molecule is Nc1cccc(CC(=O)Nc2cc(C(F)(F)F)ccc2Cl)c1. The summed E-state index contributed by atoms with van der Waals surface area (Å²) >= 11 is 5.82. The van der Waals surface area contributed by atoms with Gasteiger partial charge in [0.25, 0.3) is 0 Å². The van der Waals surface area contributed by atoms with Crippen LogP contribution < -0.4 is 11.1 Å². The summed E-state index contributed by atoms with van der Waals surface area (Å²) in [6.45, 7) is 0. The normalized spacial score (nSPS) is 11.3. The summed E-state index contributed by atoms with van der Waals surface area (Å²) in [5, 5.41) is 2.41. The van der Waals surface area contributed by atoms with Gasteiger partial charge in [0.15, 0.2) is 0 Å². The maximum absolute atomic E-state index is 12.7. The third-order valence-electron chi connectivity index (χ3n) is 2.88. The number of hydrogen-bond donors (Lipinski definition) is 2. The minimum atomic E-state index is -4.50. The van der Waals surface area contributed by atoms with E-state index in [-0.39, 0.29) is 17.1 Å². The van der Waals surface area contributed by atoms with Gasteiger partial charge in [-0.05, 0) is 35.9 Å². The van der Waals surface area contributed by atoms with Crippen molar-refractivity contribution in [3.63, 3.8) is 0 Å². The second kappa shape index (κ2) is 6.27. The van der Waals surface area contributed by atoms with Gasteiger partial charge in [-0.2, -0.15) is 13.2 Å². The fraction of sp³-hybridized carbons (Fsp3) is 0.133. The highest BCUT2D eigenvalue weighted by Crippen LogP contribution is 2.33. The van der Waals surface area contributed by atoms with Crippen LogP contribution in [-0.4, -0.2) is 5.91 Å². The van der Waals surface area contributed by atoms with Crippen molar-refractivity contribution >= 4 is 28.9 Å². The Kier molecular flexibility index (Phi) is 4.61. The zero-order valence-corrected chi connectivity index (χ0v) is 12.0. The van der Waals surface area contributed by atoms with Crippen LogP contribution in [0.25, 0.3) is 0 Å². The van der Waals surface area contributed by atoms with E-state index >= 15 is 0 Å². The van der Waals surface area contributed by atoms with Crippen molar-refractivity contribution in [3.8, 4) is 0 Å². The second-order valence-electron chi connectivity index (χ2n) is 4.66. The highest BCUT2D eigenvalue weighted by Gasteiger charge is 2.31. The summed E-state index contributed by atoms with van der Waals surface area (Å²) in [6, 6.07) is 9.44. The van der Waals surface area contributed by atoms with Gasteiger partial charge in [0.05, 0.1) is 22.7 Å². The Hall–Kier alpha value is -2.21. The summed E-state index contributed by atoms with van der Waals surface area (Å²) < 4.78 is 38.0. The van der Waals surface area contributed by atoms with E-state index in [2.05, 4.69) is 5.32 Å². The van der Waals surface area contributed by atoms with Crippen LogP contribution in [0.15, 0.2) is 42.5 Å². The Bertz CT molecular complexity index is 701. The van der Waals surface area contributed by atoms with E-state index in [0.717, 1.165) is 18.2 Å². The van der Waals surface area contributed by atoms with Crippen LogP contribution in [0, 0.1) is 0 Å². The number of nitrogens with one attached hydrogen (secondary N) is 1. The maximum atomic E-state index is 12.7. The molecule has 0 aliphatic rings. The largest absolute Gasteiger partial charge is 0.416 e. The molecule has 0 radical (unpaired) electrons. The predicted molar refractivity (Wildman–Crippen MR) is 79.6 cm³/mol. The number of hydrogen-bond acceptors (Lipinski definition) is 2. The molecule has 22 heavy (non-hydrogen) atoms. The monoisotopic (exact) mass is 328 g/mol. The lowest BCUT2D eigenvalue weighted by molar-refractivity contribution is -0.137. The zero-order valence-electron chi connectivity index (χ0n) is 11.2. The summed E-state index contributed by atoms with van der Waals surface area (Å²) in [6.07, 6.45) is -4.52. The van der Waals surface area contributed by atoms with Crippen LogP contribution in [0.4, 0.5) is 24.5 Å². The summed E-state index contributed by atoms with van der Waals surface area (Å²) in [5.74, 6) is -0.480. The van der Waals surface area contributed by atoms with Crippen LogP contribution in [-0.2, 0) is 17.4 Å². The van der Waals surface area contributed by atoms with Crippen molar-refractivity contribution in [2.45, 2.75) is 12.6 Å². The van der Waals surface area contributed by atoms with E-state index < -0.39 is 17.6 Å². The number of nitrogens with two attached hydrogens (primary N) is 1. The second-order valence-corrected chi connectivity index (χ2v) is 5.07. The molecule has 0 fully saturated rings. The van der Waals surface area contributed by atoms with E-state index in [4.69, 9.17) is 17.3 Å². The molecule has 0 saturated heterocycles. The molecule has 3 N–H and O–H groups in total. The summed E-state index contributed by atoms with van der Waals surface area (Å²) in [4.78, 5) is 11.9. The molecular weight excluding hydrogens is 317 g/mol. The van der Waals surface area contributed by atoms with E-state index in [0.29, 0.717) is 11.3 Å². The number of amides is 1. The van der Waals surface area contributed by atoms with Crippen LogP contribution in [0.2, 0.25) is 5.02 Å². The zero-order chi connectivity index (χ0) is 16.3. The van der Waals surface area contributed by atoms with Crippen LogP contribution in [0.3, 0.4) is 0 Å². The molecule has 0 unspecified atom stereocenters. The highest BCUT2D eigenvalue weighted by atomic mass is 35.5. The molecule has 2 rings (SSSR count). The van der Waals surface area contributed by atoms with Gasteiger partial charge in [-0.3, -0.25) is 4.79 Å². The molecule has 7 heteroatoms. The van der Waals surface area contributed by atoms with Gasteiger partial charge >= 0.3 is 6.18 Å². The van der Waals surface area contributed by atoms with Gasteiger partial charge in [-0.25, -0.2) is 0 Å². The third-order valence-corrected chi connectivity index (χ3v) is 3.21. The van der Waals surface area contributed by atoms with Crippen molar-refractivity contribution in [2.24, 2.45) is 0 Å². The first-order valence-electron chi connectivity index (χ1n) is 6.27. The fourth-order valence-electron chi connectivity index (χ4n) is 1.88. The van der Waals surface area contributed by atoms with E-state index in [1.54, 1.807) is 24.3 Å². The predicted octanol–water partition coefficient (Wildman–Crippen LogP) is 4.12. The van der Waals surface area contributed by atoms with Gasteiger partial charge in [0.2, 0.25) is 5.91 Å². The lowest BCUT2D eigenvalue weighted by atomic mass is 10.1. The molecule has 2 aromatic rings. The first-order chi connectivity index (χ1) is 10.3. The van der Waals surface area contributed by atoms with E-state index in [9.17, 15) is 18.0 Å². The molecule has 0 atom stereocenters. The molecule has 0 aromatic heterocycles. The minimum absolute atomic E-state index is 0.0163. The molecule has 3 nitrogen and oxygen atoms in total. The first-order valence-corrected chi connectivity index (χ1v) is 6.64. The van der Waals surface area contributed by atoms with Crippen LogP contribution in [0.5, 0.6) is 0 Å². The molecule has 0 aliphatic heterocycles. The summed E-state index contributed by atoms with van der Waals surface area (Å²) in [7, 11) is 0. The molecule has 116 valence electrons. The smallest absolute Gasteiger partial charge is 0.399 e. The van der Waals surface area contributed by atoms with Gasteiger partial charge in [0, 0.05) is 5.69 Å². The van der Waals surface area contributed by atoms with Crippen LogP contribution >= 0.6 is 11.6 Å². The number of carbonyl (C=O) groups is 1. The fourth-order valence-corrected chi connectivity index (χ4v) is 2.05. The van der Waals surface area contributed by atoms with Crippen molar-refractivity contribution < 1.29 is 18.0 Å². The van der Waals surface area contributed by atoms with Gasteiger partial charge in [-0.15, -0.1) is 0 Å². The number of halogens is 4. The van der Waals surface area contributed by atoms with Gasteiger partial charge in [-0.1, -0.05) is 23.7 Å². The molecule has 2 aromatic carbocycles. The number of alkyl halides is 3.